The molecule has 1 saturated heterocycles. The molecule has 0 radical (unpaired) electrons. The van der Waals surface area contributed by atoms with E-state index in [-0.39, 0.29) is 0 Å². The summed E-state index contributed by atoms with van der Waals surface area (Å²) in [6.45, 7) is 5.82. The van der Waals surface area contributed by atoms with Gasteiger partial charge in [-0.1, -0.05) is 30.3 Å². The fraction of sp³-hybridized carbons (Fsp3) is 0.462. The highest BCUT2D eigenvalue weighted by Gasteiger charge is 2.22. The van der Waals surface area contributed by atoms with E-state index >= 15 is 0 Å². The van der Waals surface area contributed by atoms with E-state index in [0.29, 0.717) is 6.04 Å². The van der Waals surface area contributed by atoms with Crippen molar-refractivity contribution in [1.29, 1.82) is 0 Å². The number of piperazine rings is 1. The highest BCUT2D eigenvalue weighted by atomic mass is 16.1. The molecule has 0 aromatic heterocycles. The van der Waals surface area contributed by atoms with Gasteiger partial charge < -0.3 is 4.90 Å². The van der Waals surface area contributed by atoms with Gasteiger partial charge in [0.15, 0.2) is 0 Å². The molecule has 0 bridgehead atoms. The first-order valence-electron chi connectivity index (χ1n) is 5.77. The minimum Gasteiger partial charge on any atom is -0.342 e. The Labute approximate surface area is 96.7 Å². The van der Waals surface area contributed by atoms with Crippen LogP contribution in [0.15, 0.2) is 30.3 Å². The Hall–Kier alpha value is -1.35. The fourth-order valence-electron chi connectivity index (χ4n) is 2.17. The number of carbonyl (C=O) groups excluding carboxylic acids is 1. The Morgan fingerprint density at radius 2 is 2.06 bits per heavy atom. The van der Waals surface area contributed by atoms with Gasteiger partial charge in [0.05, 0.1) is 0 Å². The van der Waals surface area contributed by atoms with Crippen molar-refractivity contribution >= 4 is 6.41 Å². The van der Waals surface area contributed by atoms with Crippen molar-refractivity contribution in [3.8, 4) is 0 Å². The van der Waals surface area contributed by atoms with Crippen molar-refractivity contribution in [3.63, 3.8) is 0 Å². The van der Waals surface area contributed by atoms with Crippen molar-refractivity contribution in [2.45, 2.75) is 19.5 Å². The van der Waals surface area contributed by atoms with Crippen LogP contribution in [-0.4, -0.2) is 41.9 Å². The Morgan fingerprint density at radius 1 is 1.31 bits per heavy atom. The molecule has 1 fully saturated rings. The molecule has 1 aliphatic rings. The fourth-order valence-corrected chi connectivity index (χ4v) is 2.17. The summed E-state index contributed by atoms with van der Waals surface area (Å²) in [6.07, 6.45) is 0.955. The molecule has 0 N–H and O–H groups in total. The molecule has 16 heavy (non-hydrogen) atoms. The molecule has 0 saturated carbocycles. The predicted molar refractivity (Wildman–Crippen MR) is 64.0 cm³/mol. The highest BCUT2D eigenvalue weighted by molar-refractivity contribution is 5.47. The number of rotatable bonds is 3. The third kappa shape index (κ3) is 2.61. The second kappa shape index (κ2) is 5.12. The zero-order chi connectivity index (χ0) is 11.4. The Bertz CT molecular complexity index is 339. The van der Waals surface area contributed by atoms with Gasteiger partial charge in [-0.25, -0.2) is 0 Å². The van der Waals surface area contributed by atoms with Crippen molar-refractivity contribution in [2.75, 3.05) is 19.6 Å². The van der Waals surface area contributed by atoms with Gasteiger partial charge in [0.1, 0.15) is 0 Å². The highest BCUT2D eigenvalue weighted by Crippen LogP contribution is 2.12. The molecule has 1 aromatic carbocycles. The quantitative estimate of drug-likeness (QED) is 0.715. The number of hydrogen-bond donors (Lipinski definition) is 0. The summed E-state index contributed by atoms with van der Waals surface area (Å²) in [5.74, 6) is 0. The lowest BCUT2D eigenvalue weighted by atomic mass is 10.1. The van der Waals surface area contributed by atoms with E-state index in [1.54, 1.807) is 0 Å². The van der Waals surface area contributed by atoms with Gasteiger partial charge in [-0.05, 0) is 12.5 Å². The molecule has 0 unspecified atom stereocenters. The van der Waals surface area contributed by atoms with Crippen LogP contribution in [0, 0.1) is 0 Å². The smallest absolute Gasteiger partial charge is 0.209 e. The Balaban J connectivity index is 1.94. The van der Waals surface area contributed by atoms with Gasteiger partial charge in [-0.3, -0.25) is 9.69 Å². The monoisotopic (exact) mass is 218 g/mol. The third-order valence-electron chi connectivity index (χ3n) is 3.17. The molecule has 2 rings (SSSR count). The first kappa shape index (κ1) is 11.1. The first-order valence-corrected chi connectivity index (χ1v) is 5.77. The van der Waals surface area contributed by atoms with E-state index in [9.17, 15) is 4.79 Å². The van der Waals surface area contributed by atoms with Gasteiger partial charge in [0.25, 0.3) is 0 Å². The molecule has 3 heteroatoms. The lowest BCUT2D eigenvalue weighted by Gasteiger charge is -2.38. The molecule has 1 amide bonds. The second-order valence-electron chi connectivity index (χ2n) is 4.41. The first-order chi connectivity index (χ1) is 7.79. The largest absolute Gasteiger partial charge is 0.342 e. The molecular formula is C13H18N2O. The summed E-state index contributed by atoms with van der Waals surface area (Å²) in [6, 6.07) is 10.9. The number of carbonyl (C=O) groups is 1. The molecule has 1 aromatic rings. The maximum atomic E-state index is 10.7. The van der Waals surface area contributed by atoms with Crippen LogP contribution in [0.25, 0.3) is 0 Å². The van der Waals surface area contributed by atoms with E-state index in [2.05, 4.69) is 36.1 Å². The average Bonchev–Trinajstić information content (AvgIpc) is 2.33. The van der Waals surface area contributed by atoms with Crippen molar-refractivity contribution in [2.24, 2.45) is 0 Å². The van der Waals surface area contributed by atoms with Gasteiger partial charge in [-0.2, -0.15) is 0 Å². The van der Waals surface area contributed by atoms with E-state index in [0.717, 1.165) is 32.6 Å². The maximum Gasteiger partial charge on any atom is 0.209 e. The Morgan fingerprint density at radius 3 is 2.69 bits per heavy atom. The molecule has 0 spiro atoms. The van der Waals surface area contributed by atoms with Crippen molar-refractivity contribution in [3.05, 3.63) is 35.9 Å². The van der Waals surface area contributed by atoms with E-state index in [1.807, 2.05) is 11.0 Å². The van der Waals surface area contributed by atoms with Crippen LogP contribution in [0.5, 0.6) is 0 Å². The van der Waals surface area contributed by atoms with Gasteiger partial charge in [0, 0.05) is 32.2 Å². The molecular weight excluding hydrogens is 200 g/mol. The van der Waals surface area contributed by atoms with E-state index < -0.39 is 0 Å². The lowest BCUT2D eigenvalue weighted by molar-refractivity contribution is -0.120. The van der Waals surface area contributed by atoms with E-state index in [1.165, 1.54) is 5.56 Å². The van der Waals surface area contributed by atoms with Crippen molar-refractivity contribution < 1.29 is 4.79 Å². The molecule has 86 valence electrons. The normalized spacial score (nSPS) is 22.1. The van der Waals surface area contributed by atoms with Crippen LogP contribution in [0.4, 0.5) is 0 Å². The topological polar surface area (TPSA) is 23.6 Å². The summed E-state index contributed by atoms with van der Waals surface area (Å²) >= 11 is 0. The standard InChI is InChI=1S/C13H18N2O/c1-12-9-14(11-16)7-8-15(12)10-13-5-3-2-4-6-13/h2-6,11-12H,7-10H2,1H3/t12-/m0/s1. The van der Waals surface area contributed by atoms with Crippen molar-refractivity contribution in [1.82, 2.24) is 9.80 Å². The van der Waals surface area contributed by atoms with Crippen LogP contribution in [0.2, 0.25) is 0 Å². The third-order valence-corrected chi connectivity index (χ3v) is 3.17. The summed E-state index contributed by atoms with van der Waals surface area (Å²) in [7, 11) is 0. The summed E-state index contributed by atoms with van der Waals surface area (Å²) in [5.41, 5.74) is 1.34. The van der Waals surface area contributed by atoms with Gasteiger partial charge >= 0.3 is 0 Å². The summed E-state index contributed by atoms with van der Waals surface area (Å²) in [5, 5.41) is 0. The van der Waals surface area contributed by atoms with Crippen LogP contribution in [0.3, 0.4) is 0 Å². The SMILES string of the molecule is C[C@H]1CN(C=O)CCN1Cc1ccccc1. The van der Waals surface area contributed by atoms with Crippen LogP contribution in [0.1, 0.15) is 12.5 Å². The summed E-state index contributed by atoms with van der Waals surface area (Å²) in [4.78, 5) is 15.0. The minimum atomic E-state index is 0.444. The zero-order valence-corrected chi connectivity index (χ0v) is 9.67. The number of amides is 1. The molecule has 1 aliphatic heterocycles. The number of nitrogens with zero attached hydrogens (tertiary/aromatic N) is 2. The van der Waals surface area contributed by atoms with Crippen LogP contribution in [-0.2, 0) is 11.3 Å². The predicted octanol–water partition coefficient (Wildman–Crippen LogP) is 1.35. The number of hydrogen-bond acceptors (Lipinski definition) is 2. The van der Waals surface area contributed by atoms with Crippen LogP contribution >= 0.6 is 0 Å². The number of benzene rings is 1. The zero-order valence-electron chi connectivity index (χ0n) is 9.67. The molecule has 1 atom stereocenters. The van der Waals surface area contributed by atoms with Gasteiger partial charge in [0.2, 0.25) is 6.41 Å². The molecule has 3 nitrogen and oxygen atoms in total. The minimum absolute atomic E-state index is 0.444. The Kier molecular flexibility index (Phi) is 3.57. The average molecular weight is 218 g/mol. The second-order valence-corrected chi connectivity index (χ2v) is 4.41. The maximum absolute atomic E-state index is 10.7. The van der Waals surface area contributed by atoms with E-state index in [4.69, 9.17) is 0 Å². The van der Waals surface area contributed by atoms with Gasteiger partial charge in [-0.15, -0.1) is 0 Å². The lowest BCUT2D eigenvalue weighted by Crippen LogP contribution is -2.50. The molecule has 0 aliphatic carbocycles. The summed E-state index contributed by atoms with van der Waals surface area (Å²) < 4.78 is 0. The molecule has 1 heterocycles. The van der Waals surface area contributed by atoms with Crippen LogP contribution < -0.4 is 0 Å².